The van der Waals surface area contributed by atoms with E-state index in [2.05, 4.69) is 9.97 Å². The second-order valence-corrected chi connectivity index (χ2v) is 4.24. The van der Waals surface area contributed by atoms with Crippen LogP contribution in [0.2, 0.25) is 0 Å². The highest BCUT2D eigenvalue weighted by Crippen LogP contribution is 2.21. The van der Waals surface area contributed by atoms with E-state index in [4.69, 9.17) is 5.11 Å². The first-order valence-corrected chi connectivity index (χ1v) is 5.62. The van der Waals surface area contributed by atoms with Crippen LogP contribution >= 0.6 is 11.3 Å². The molecule has 2 heterocycles. The summed E-state index contributed by atoms with van der Waals surface area (Å²) >= 11 is 1.41. The van der Waals surface area contributed by atoms with Gasteiger partial charge in [-0.3, -0.25) is 4.79 Å². The number of rotatable bonds is 3. The summed E-state index contributed by atoms with van der Waals surface area (Å²) in [6.07, 6.45) is 1.26. The summed E-state index contributed by atoms with van der Waals surface area (Å²) in [5.41, 5.74) is -0.228. The molecule has 0 aliphatic heterocycles. The Bertz CT molecular complexity index is 578. The lowest BCUT2D eigenvalue weighted by atomic mass is 10.1. The quantitative estimate of drug-likeness (QED) is 0.841. The van der Waals surface area contributed by atoms with Crippen molar-refractivity contribution in [3.63, 3.8) is 0 Å². The Hall–Kier alpha value is -2.08. The zero-order chi connectivity index (χ0) is 12.4. The molecule has 0 aliphatic rings. The number of carbonyl (C=O) groups excluding carboxylic acids is 1. The van der Waals surface area contributed by atoms with Crippen molar-refractivity contribution in [2.24, 2.45) is 0 Å². The van der Waals surface area contributed by atoms with E-state index < -0.39 is 5.97 Å². The van der Waals surface area contributed by atoms with Gasteiger partial charge in [-0.25, -0.2) is 14.8 Å². The monoisotopic (exact) mass is 248 g/mol. The van der Waals surface area contributed by atoms with E-state index in [-0.39, 0.29) is 17.0 Å². The van der Waals surface area contributed by atoms with Gasteiger partial charge in [-0.1, -0.05) is 6.07 Å². The number of aromatic carboxylic acids is 1. The summed E-state index contributed by atoms with van der Waals surface area (Å²) < 4.78 is 0. The highest BCUT2D eigenvalue weighted by atomic mass is 32.1. The van der Waals surface area contributed by atoms with Crippen LogP contribution in [0.3, 0.4) is 0 Å². The van der Waals surface area contributed by atoms with Crippen molar-refractivity contribution in [2.45, 2.75) is 6.92 Å². The van der Waals surface area contributed by atoms with Crippen molar-refractivity contribution in [2.75, 3.05) is 0 Å². The second kappa shape index (κ2) is 4.42. The van der Waals surface area contributed by atoms with Crippen LogP contribution < -0.4 is 0 Å². The Morgan fingerprint density at radius 2 is 2.18 bits per heavy atom. The standard InChI is InChI=1S/C11H8N2O3S/c1-6(14)7-5-12-10(8-3-2-4-17-8)13-9(7)11(15)16/h2-5H,1H3,(H,15,16). The molecule has 0 atom stereocenters. The number of hydrogen-bond acceptors (Lipinski definition) is 5. The third-order valence-corrected chi connectivity index (χ3v) is 2.98. The fourth-order valence-corrected chi connectivity index (χ4v) is 1.99. The van der Waals surface area contributed by atoms with Gasteiger partial charge in [0, 0.05) is 6.20 Å². The summed E-state index contributed by atoms with van der Waals surface area (Å²) in [5, 5.41) is 10.8. The molecule has 0 amide bonds. The Balaban J connectivity index is 2.57. The van der Waals surface area contributed by atoms with Gasteiger partial charge in [0.05, 0.1) is 10.4 Å². The molecule has 2 aromatic rings. The maximum absolute atomic E-state index is 11.2. The Morgan fingerprint density at radius 1 is 1.41 bits per heavy atom. The highest BCUT2D eigenvalue weighted by Gasteiger charge is 2.17. The Morgan fingerprint density at radius 3 is 2.71 bits per heavy atom. The topological polar surface area (TPSA) is 80.2 Å². The number of aromatic nitrogens is 2. The van der Waals surface area contributed by atoms with Gasteiger partial charge in [-0.05, 0) is 18.4 Å². The summed E-state index contributed by atoms with van der Waals surface area (Å²) in [4.78, 5) is 30.9. The van der Waals surface area contributed by atoms with E-state index in [0.717, 1.165) is 4.88 Å². The van der Waals surface area contributed by atoms with Gasteiger partial charge in [0.15, 0.2) is 17.3 Å². The van der Waals surface area contributed by atoms with Gasteiger partial charge in [0.2, 0.25) is 0 Å². The fourth-order valence-electron chi connectivity index (χ4n) is 1.33. The first-order valence-electron chi connectivity index (χ1n) is 4.74. The van der Waals surface area contributed by atoms with Crippen molar-refractivity contribution in [3.05, 3.63) is 35.0 Å². The molecular weight excluding hydrogens is 240 g/mol. The van der Waals surface area contributed by atoms with Crippen LogP contribution in [-0.2, 0) is 0 Å². The minimum atomic E-state index is -1.23. The van der Waals surface area contributed by atoms with E-state index >= 15 is 0 Å². The van der Waals surface area contributed by atoms with Crippen LogP contribution in [0.25, 0.3) is 10.7 Å². The minimum absolute atomic E-state index is 0.0257. The number of hydrogen-bond donors (Lipinski definition) is 1. The first kappa shape index (κ1) is 11.4. The molecule has 17 heavy (non-hydrogen) atoms. The molecule has 0 unspecified atom stereocenters. The lowest BCUT2D eigenvalue weighted by molar-refractivity contribution is 0.0685. The third kappa shape index (κ3) is 2.21. The molecule has 0 fully saturated rings. The van der Waals surface area contributed by atoms with Crippen molar-refractivity contribution < 1.29 is 14.7 Å². The van der Waals surface area contributed by atoms with Gasteiger partial charge in [0.25, 0.3) is 0 Å². The van der Waals surface area contributed by atoms with Gasteiger partial charge in [-0.15, -0.1) is 11.3 Å². The van der Waals surface area contributed by atoms with Crippen LogP contribution in [-0.4, -0.2) is 26.8 Å². The largest absolute Gasteiger partial charge is 0.476 e. The number of nitrogens with zero attached hydrogens (tertiary/aromatic N) is 2. The van der Waals surface area contributed by atoms with Crippen molar-refractivity contribution in [1.29, 1.82) is 0 Å². The Labute approximate surface area is 101 Å². The molecule has 1 N–H and O–H groups in total. The van der Waals surface area contributed by atoms with E-state index in [1.54, 1.807) is 6.07 Å². The molecule has 0 bridgehead atoms. The molecule has 0 aromatic carbocycles. The lowest BCUT2D eigenvalue weighted by Gasteiger charge is -2.02. The van der Waals surface area contributed by atoms with E-state index in [1.807, 2.05) is 11.4 Å². The normalized spacial score (nSPS) is 10.2. The summed E-state index contributed by atoms with van der Waals surface area (Å²) in [7, 11) is 0. The highest BCUT2D eigenvalue weighted by molar-refractivity contribution is 7.13. The van der Waals surface area contributed by atoms with Crippen molar-refractivity contribution >= 4 is 23.1 Å². The maximum atomic E-state index is 11.2. The number of ketones is 1. The number of carboxylic acids is 1. The average Bonchev–Trinajstić information content (AvgIpc) is 2.81. The average molecular weight is 248 g/mol. The molecule has 0 saturated carbocycles. The van der Waals surface area contributed by atoms with Crippen LogP contribution in [0.4, 0.5) is 0 Å². The Kier molecular flexibility index (Phi) is 2.97. The zero-order valence-corrected chi connectivity index (χ0v) is 9.69. The lowest BCUT2D eigenvalue weighted by Crippen LogP contribution is -2.10. The molecule has 2 rings (SSSR count). The molecule has 0 spiro atoms. The third-order valence-electron chi connectivity index (χ3n) is 2.11. The molecule has 0 aliphatic carbocycles. The predicted molar refractivity (Wildman–Crippen MR) is 62.3 cm³/mol. The van der Waals surface area contributed by atoms with Gasteiger partial charge in [0.1, 0.15) is 0 Å². The van der Waals surface area contributed by atoms with Crippen molar-refractivity contribution in [3.8, 4) is 10.7 Å². The van der Waals surface area contributed by atoms with Gasteiger partial charge < -0.3 is 5.11 Å². The molecule has 5 nitrogen and oxygen atoms in total. The predicted octanol–water partition coefficient (Wildman–Crippen LogP) is 2.11. The van der Waals surface area contributed by atoms with Crippen molar-refractivity contribution in [1.82, 2.24) is 9.97 Å². The van der Waals surface area contributed by atoms with Crippen LogP contribution in [0.15, 0.2) is 23.7 Å². The van der Waals surface area contributed by atoms with Crippen LogP contribution in [0.1, 0.15) is 27.8 Å². The van der Waals surface area contributed by atoms with Crippen LogP contribution in [0, 0.1) is 0 Å². The molecule has 2 aromatic heterocycles. The van der Waals surface area contributed by atoms with E-state index in [9.17, 15) is 9.59 Å². The summed E-state index contributed by atoms with van der Waals surface area (Å²) in [6, 6.07) is 3.61. The van der Waals surface area contributed by atoms with Gasteiger partial charge >= 0.3 is 5.97 Å². The maximum Gasteiger partial charge on any atom is 0.355 e. The smallest absolute Gasteiger partial charge is 0.355 e. The first-order chi connectivity index (χ1) is 8.09. The number of carbonyl (C=O) groups is 2. The SMILES string of the molecule is CC(=O)c1cnc(-c2cccs2)nc1C(=O)O. The summed E-state index contributed by atoms with van der Waals surface area (Å²) in [6.45, 7) is 1.29. The molecule has 6 heteroatoms. The fraction of sp³-hybridized carbons (Fsp3) is 0.0909. The second-order valence-electron chi connectivity index (χ2n) is 3.29. The molecular formula is C11H8N2O3S. The molecule has 86 valence electrons. The molecule has 0 saturated heterocycles. The number of Topliss-reactive ketones (excluding diaryl/α,β-unsaturated/α-hetero) is 1. The van der Waals surface area contributed by atoms with Gasteiger partial charge in [-0.2, -0.15) is 0 Å². The number of thiophene rings is 1. The summed E-state index contributed by atoms with van der Waals surface area (Å²) in [5.74, 6) is -1.27. The zero-order valence-electron chi connectivity index (χ0n) is 8.88. The molecule has 0 radical (unpaired) electrons. The number of carboxylic acid groups (broad SMARTS) is 1. The minimum Gasteiger partial charge on any atom is -0.476 e. The van der Waals surface area contributed by atoms with E-state index in [1.165, 1.54) is 24.5 Å². The van der Waals surface area contributed by atoms with Crippen LogP contribution in [0.5, 0.6) is 0 Å². The van der Waals surface area contributed by atoms with E-state index in [0.29, 0.717) is 5.82 Å².